The molecule has 2 fully saturated rings. The Morgan fingerprint density at radius 2 is 1.81 bits per heavy atom. The second-order valence-corrected chi connectivity index (χ2v) is 7.23. The molecule has 0 atom stereocenters. The molecular weight excluding hydrogens is 284 g/mol. The van der Waals surface area contributed by atoms with Gasteiger partial charge in [0.15, 0.2) is 0 Å². The first kappa shape index (κ1) is 16.7. The summed E-state index contributed by atoms with van der Waals surface area (Å²) in [6.07, 6.45) is 9.42. The minimum absolute atomic E-state index is 0.0561. The fourth-order valence-corrected chi connectivity index (χ4v) is 3.66. The lowest BCUT2D eigenvalue weighted by atomic mass is 9.79. The fourth-order valence-electron chi connectivity index (χ4n) is 3.36. The van der Waals surface area contributed by atoms with Crippen molar-refractivity contribution < 1.29 is 9.53 Å². The van der Waals surface area contributed by atoms with Crippen molar-refractivity contribution in [3.05, 3.63) is 0 Å². The van der Waals surface area contributed by atoms with Crippen molar-refractivity contribution >= 4 is 23.1 Å². The van der Waals surface area contributed by atoms with Gasteiger partial charge >= 0.3 is 0 Å². The average Bonchev–Trinajstić information content (AvgIpc) is 3.27. The van der Waals surface area contributed by atoms with E-state index in [-0.39, 0.29) is 11.3 Å². The molecule has 120 valence electrons. The largest absolute Gasteiger partial charge is 0.392 e. The highest BCUT2D eigenvalue weighted by molar-refractivity contribution is 7.80. The molecule has 1 amide bonds. The lowest BCUT2D eigenvalue weighted by Gasteiger charge is -2.31. The second kappa shape index (κ2) is 7.05. The van der Waals surface area contributed by atoms with Crippen LogP contribution in [0.4, 0.5) is 0 Å². The van der Waals surface area contributed by atoms with Gasteiger partial charge in [-0.3, -0.25) is 4.79 Å². The number of hydrogen-bond donors (Lipinski definition) is 2. The molecule has 0 aliphatic heterocycles. The summed E-state index contributed by atoms with van der Waals surface area (Å²) in [6, 6.07) is 0. The molecule has 0 aromatic heterocycles. The van der Waals surface area contributed by atoms with Crippen molar-refractivity contribution in [2.75, 3.05) is 20.3 Å². The van der Waals surface area contributed by atoms with E-state index in [0.717, 1.165) is 45.3 Å². The number of carbonyl (C=O) groups excluding carboxylic acids is 1. The molecule has 2 aliphatic carbocycles. The smallest absolute Gasteiger partial charge is 0.233 e. The van der Waals surface area contributed by atoms with E-state index in [4.69, 9.17) is 22.7 Å². The zero-order chi connectivity index (χ0) is 15.3. The number of methoxy groups -OCH3 is 1. The third-order valence-electron chi connectivity index (χ3n) is 5.28. The highest BCUT2D eigenvalue weighted by Gasteiger charge is 2.45. The molecule has 0 aromatic rings. The van der Waals surface area contributed by atoms with Gasteiger partial charge in [0.25, 0.3) is 0 Å². The lowest BCUT2D eigenvalue weighted by Crippen LogP contribution is -2.50. The first-order valence-electron chi connectivity index (χ1n) is 8.12. The van der Waals surface area contributed by atoms with Crippen LogP contribution in [0.2, 0.25) is 0 Å². The fraction of sp³-hybridized carbons (Fsp3) is 0.875. The molecule has 0 unspecified atom stereocenters. The van der Waals surface area contributed by atoms with Gasteiger partial charge in [0.2, 0.25) is 5.91 Å². The summed E-state index contributed by atoms with van der Waals surface area (Å²) >= 11 is 5.25. The summed E-state index contributed by atoms with van der Waals surface area (Å²) in [5, 5.41) is 3.15. The van der Waals surface area contributed by atoms with Crippen molar-refractivity contribution in [3.63, 3.8) is 0 Å². The molecule has 0 heterocycles. The van der Waals surface area contributed by atoms with Crippen LogP contribution in [0.5, 0.6) is 0 Å². The van der Waals surface area contributed by atoms with Crippen LogP contribution in [-0.2, 0) is 9.53 Å². The summed E-state index contributed by atoms with van der Waals surface area (Å²) in [6.45, 7) is 1.50. The normalized spacial score (nSPS) is 23.1. The van der Waals surface area contributed by atoms with E-state index >= 15 is 0 Å². The van der Waals surface area contributed by atoms with Crippen LogP contribution in [0.15, 0.2) is 0 Å². The van der Waals surface area contributed by atoms with Crippen LogP contribution < -0.4 is 11.1 Å². The zero-order valence-corrected chi connectivity index (χ0v) is 13.9. The topological polar surface area (TPSA) is 64.3 Å². The molecule has 5 heteroatoms. The third kappa shape index (κ3) is 3.95. The summed E-state index contributed by atoms with van der Waals surface area (Å²) < 4.78 is 5.16. The number of thiocarbonyl (C=S) groups is 1. The van der Waals surface area contributed by atoms with Crippen LogP contribution in [0.3, 0.4) is 0 Å². The van der Waals surface area contributed by atoms with Gasteiger partial charge in [-0.2, -0.15) is 0 Å². The Morgan fingerprint density at radius 1 is 1.19 bits per heavy atom. The van der Waals surface area contributed by atoms with Crippen LogP contribution in [0.1, 0.15) is 57.8 Å². The van der Waals surface area contributed by atoms with E-state index in [1.807, 2.05) is 0 Å². The van der Waals surface area contributed by atoms with Gasteiger partial charge in [0.1, 0.15) is 0 Å². The van der Waals surface area contributed by atoms with E-state index in [0.29, 0.717) is 4.99 Å². The van der Waals surface area contributed by atoms with Crippen molar-refractivity contribution in [3.8, 4) is 0 Å². The molecule has 4 nitrogen and oxygen atoms in total. The van der Waals surface area contributed by atoms with Crippen LogP contribution in [0, 0.1) is 10.8 Å². The van der Waals surface area contributed by atoms with E-state index in [1.165, 1.54) is 25.7 Å². The van der Waals surface area contributed by atoms with Crippen LogP contribution in [0.25, 0.3) is 0 Å². The molecule has 2 rings (SSSR count). The van der Waals surface area contributed by atoms with Gasteiger partial charge in [-0.15, -0.1) is 0 Å². The second-order valence-electron chi connectivity index (χ2n) is 6.79. The maximum Gasteiger partial charge on any atom is 0.233 e. The van der Waals surface area contributed by atoms with Crippen LogP contribution in [-0.4, -0.2) is 31.2 Å². The van der Waals surface area contributed by atoms with E-state index in [1.54, 1.807) is 7.11 Å². The Labute approximate surface area is 133 Å². The molecule has 3 N–H and O–H groups in total. The third-order valence-corrected chi connectivity index (χ3v) is 5.67. The maximum atomic E-state index is 12.8. The zero-order valence-electron chi connectivity index (χ0n) is 13.1. The minimum atomic E-state index is -0.608. The average molecular weight is 312 g/mol. The Balaban J connectivity index is 1.94. The molecule has 2 saturated carbocycles. The van der Waals surface area contributed by atoms with Gasteiger partial charge in [-0.1, -0.05) is 37.9 Å². The Kier molecular flexibility index (Phi) is 5.60. The molecule has 0 aromatic carbocycles. The predicted octanol–water partition coefficient (Wildman–Crippen LogP) is 2.55. The van der Waals surface area contributed by atoms with Gasteiger partial charge < -0.3 is 15.8 Å². The van der Waals surface area contributed by atoms with Gasteiger partial charge in [-0.05, 0) is 37.5 Å². The highest BCUT2D eigenvalue weighted by Crippen LogP contribution is 2.48. The number of rotatable bonds is 7. The van der Waals surface area contributed by atoms with E-state index in [2.05, 4.69) is 5.32 Å². The summed E-state index contributed by atoms with van der Waals surface area (Å²) in [5.74, 6) is 0.0561. The summed E-state index contributed by atoms with van der Waals surface area (Å²) in [4.78, 5) is 13.1. The first-order valence-corrected chi connectivity index (χ1v) is 8.53. The molecule has 0 radical (unpaired) electrons. The maximum absolute atomic E-state index is 12.8. The molecule has 0 saturated heterocycles. The van der Waals surface area contributed by atoms with Gasteiger partial charge in [-0.25, -0.2) is 0 Å². The molecule has 0 spiro atoms. The van der Waals surface area contributed by atoms with Crippen molar-refractivity contribution in [1.82, 2.24) is 5.32 Å². The quantitative estimate of drug-likeness (QED) is 0.560. The number of hydrogen-bond acceptors (Lipinski definition) is 3. The molecular formula is C16H28N2O2S. The number of nitrogens with two attached hydrogens (primary N) is 1. The lowest BCUT2D eigenvalue weighted by molar-refractivity contribution is -0.128. The first-order chi connectivity index (χ1) is 10.0. The SMILES string of the molecule is COCCC1(CNC(=O)C2(C(N)=S)CCCCCC2)CC1. The van der Waals surface area contributed by atoms with Crippen molar-refractivity contribution in [2.24, 2.45) is 16.6 Å². The van der Waals surface area contributed by atoms with Gasteiger partial charge in [0, 0.05) is 20.3 Å². The van der Waals surface area contributed by atoms with Crippen LogP contribution >= 0.6 is 12.2 Å². The monoisotopic (exact) mass is 312 g/mol. The number of amides is 1. The molecule has 2 aliphatic rings. The Morgan fingerprint density at radius 3 is 2.29 bits per heavy atom. The minimum Gasteiger partial charge on any atom is -0.392 e. The highest BCUT2D eigenvalue weighted by atomic mass is 32.1. The number of nitrogens with one attached hydrogen (secondary N) is 1. The Hall–Kier alpha value is -0.680. The number of ether oxygens (including phenoxy) is 1. The van der Waals surface area contributed by atoms with E-state index in [9.17, 15) is 4.79 Å². The summed E-state index contributed by atoms with van der Waals surface area (Å²) in [7, 11) is 1.72. The van der Waals surface area contributed by atoms with E-state index < -0.39 is 5.41 Å². The number of carbonyl (C=O) groups is 1. The molecule has 21 heavy (non-hydrogen) atoms. The molecule has 0 bridgehead atoms. The predicted molar refractivity (Wildman–Crippen MR) is 88.1 cm³/mol. The van der Waals surface area contributed by atoms with Crippen molar-refractivity contribution in [2.45, 2.75) is 57.8 Å². The van der Waals surface area contributed by atoms with Gasteiger partial charge in [0.05, 0.1) is 10.4 Å². The van der Waals surface area contributed by atoms with Crippen molar-refractivity contribution in [1.29, 1.82) is 0 Å². The summed E-state index contributed by atoms with van der Waals surface area (Å²) in [5.41, 5.74) is 5.61. The Bertz CT molecular complexity index is 386. The standard InChI is InChI=1S/C16H28N2O2S/c1-20-11-10-15(8-9-15)12-18-14(19)16(13(17)21)6-4-2-3-5-7-16/h2-12H2,1H3,(H2,17,21)(H,18,19).